The fraction of sp³-hybridized carbons (Fsp3) is 0.667. The van der Waals surface area contributed by atoms with Crippen molar-refractivity contribution in [2.75, 3.05) is 13.2 Å². The predicted octanol–water partition coefficient (Wildman–Crippen LogP) is 0.255. The van der Waals surface area contributed by atoms with Gasteiger partial charge in [0.15, 0.2) is 0 Å². The molecule has 74 valence electrons. The van der Waals surface area contributed by atoms with E-state index in [0.717, 1.165) is 0 Å². The van der Waals surface area contributed by atoms with E-state index in [1.165, 1.54) is 6.08 Å². The summed E-state index contributed by atoms with van der Waals surface area (Å²) in [6, 6.07) is 0. The number of hydrogen-bond acceptors (Lipinski definition) is 4. The summed E-state index contributed by atoms with van der Waals surface area (Å²) in [5, 5.41) is 8.63. The number of ether oxygens (including phenoxy) is 2. The Bertz CT molecular complexity index is 190. The van der Waals surface area contributed by atoms with Crippen LogP contribution < -0.4 is 0 Å². The third kappa shape index (κ3) is 3.57. The van der Waals surface area contributed by atoms with Crippen molar-refractivity contribution < 1.29 is 19.4 Å². The zero-order valence-electron chi connectivity index (χ0n) is 7.44. The fourth-order valence-corrected chi connectivity index (χ4v) is 1.08. The normalized spacial score (nSPS) is 25.3. The van der Waals surface area contributed by atoms with Crippen LogP contribution in [0.25, 0.3) is 0 Å². The highest BCUT2D eigenvalue weighted by Crippen LogP contribution is 2.25. The molecule has 4 heteroatoms. The minimum atomic E-state index is -0.243. The van der Waals surface area contributed by atoms with Gasteiger partial charge in [0.05, 0.1) is 12.7 Å². The second kappa shape index (κ2) is 4.99. The van der Waals surface area contributed by atoms with Crippen molar-refractivity contribution in [3.63, 3.8) is 0 Å². The Kier molecular flexibility index (Phi) is 3.92. The Balaban J connectivity index is 1.99. The number of carbonyl (C=O) groups excluding carboxylic acids is 1. The molecule has 0 amide bonds. The molecular formula is C9H14O4. The van der Waals surface area contributed by atoms with Gasteiger partial charge in [0.1, 0.15) is 12.7 Å². The van der Waals surface area contributed by atoms with Gasteiger partial charge in [-0.15, -0.1) is 0 Å². The molecule has 1 heterocycles. The molecule has 1 rings (SSSR count). The maximum absolute atomic E-state index is 10.9. The summed E-state index contributed by atoms with van der Waals surface area (Å²) in [7, 11) is 0. The van der Waals surface area contributed by atoms with Crippen LogP contribution in [0.1, 0.15) is 12.8 Å². The summed E-state index contributed by atoms with van der Waals surface area (Å²) in [6.45, 7) is 3.72. The lowest BCUT2D eigenvalue weighted by atomic mass is 10.2. The zero-order valence-corrected chi connectivity index (χ0v) is 7.44. The first-order valence-corrected chi connectivity index (χ1v) is 4.30. The SMILES string of the molecule is C=CCOC(=O)CCC1OC1CO. The standard InChI is InChI=1S/C9H14O4/c1-2-5-12-9(11)4-3-7-8(6-10)13-7/h2,7-8,10H,1,3-6H2. The molecule has 1 aliphatic rings. The molecule has 2 unspecified atom stereocenters. The molecule has 2 atom stereocenters. The van der Waals surface area contributed by atoms with Gasteiger partial charge in [-0.2, -0.15) is 0 Å². The molecule has 0 bridgehead atoms. The molecule has 0 spiro atoms. The third-order valence-corrected chi connectivity index (χ3v) is 1.86. The Morgan fingerprint density at radius 1 is 1.62 bits per heavy atom. The number of carbonyl (C=O) groups is 1. The van der Waals surface area contributed by atoms with Crippen LogP contribution in [0, 0.1) is 0 Å². The molecule has 0 aromatic heterocycles. The van der Waals surface area contributed by atoms with E-state index in [1.807, 2.05) is 0 Å². The Morgan fingerprint density at radius 3 is 2.92 bits per heavy atom. The minimum Gasteiger partial charge on any atom is -0.461 e. The zero-order chi connectivity index (χ0) is 9.68. The first kappa shape index (κ1) is 10.2. The van der Waals surface area contributed by atoms with Crippen molar-refractivity contribution in [3.05, 3.63) is 12.7 Å². The molecule has 0 aromatic rings. The Labute approximate surface area is 77.1 Å². The van der Waals surface area contributed by atoms with E-state index in [4.69, 9.17) is 14.6 Å². The number of hydrogen-bond donors (Lipinski definition) is 1. The molecule has 1 N–H and O–H groups in total. The Hall–Kier alpha value is -0.870. The molecule has 1 aliphatic heterocycles. The highest BCUT2D eigenvalue weighted by molar-refractivity contribution is 5.69. The molecular weight excluding hydrogens is 172 g/mol. The van der Waals surface area contributed by atoms with Crippen LogP contribution in [0.2, 0.25) is 0 Å². The summed E-state index contributed by atoms with van der Waals surface area (Å²) in [5.41, 5.74) is 0. The van der Waals surface area contributed by atoms with Crippen LogP contribution in [0.5, 0.6) is 0 Å². The molecule has 0 aromatic carbocycles. The topological polar surface area (TPSA) is 59.1 Å². The van der Waals surface area contributed by atoms with Crippen LogP contribution in [-0.4, -0.2) is 36.5 Å². The summed E-state index contributed by atoms with van der Waals surface area (Å²) in [4.78, 5) is 10.9. The number of epoxide rings is 1. The first-order chi connectivity index (χ1) is 6.27. The lowest BCUT2D eigenvalue weighted by Gasteiger charge is -1.99. The highest BCUT2D eigenvalue weighted by atomic mass is 16.6. The highest BCUT2D eigenvalue weighted by Gasteiger charge is 2.37. The van der Waals surface area contributed by atoms with E-state index in [0.29, 0.717) is 12.8 Å². The van der Waals surface area contributed by atoms with E-state index in [9.17, 15) is 4.79 Å². The van der Waals surface area contributed by atoms with E-state index in [2.05, 4.69) is 6.58 Å². The van der Waals surface area contributed by atoms with Gasteiger partial charge in [0, 0.05) is 6.42 Å². The average molecular weight is 186 g/mol. The van der Waals surface area contributed by atoms with Crippen LogP contribution >= 0.6 is 0 Å². The van der Waals surface area contributed by atoms with Crippen LogP contribution in [0.15, 0.2) is 12.7 Å². The van der Waals surface area contributed by atoms with Crippen molar-refractivity contribution >= 4 is 5.97 Å². The van der Waals surface area contributed by atoms with E-state index in [-0.39, 0.29) is 31.4 Å². The molecule has 0 aliphatic carbocycles. The van der Waals surface area contributed by atoms with Crippen molar-refractivity contribution in [1.29, 1.82) is 0 Å². The summed E-state index contributed by atoms with van der Waals surface area (Å²) in [5.74, 6) is -0.243. The molecule has 0 saturated carbocycles. The van der Waals surface area contributed by atoms with Gasteiger partial charge in [-0.25, -0.2) is 0 Å². The monoisotopic (exact) mass is 186 g/mol. The first-order valence-electron chi connectivity index (χ1n) is 4.30. The van der Waals surface area contributed by atoms with Crippen LogP contribution in [0.3, 0.4) is 0 Å². The van der Waals surface area contributed by atoms with E-state index < -0.39 is 0 Å². The maximum Gasteiger partial charge on any atom is 0.306 e. The van der Waals surface area contributed by atoms with Crippen molar-refractivity contribution in [1.82, 2.24) is 0 Å². The fourth-order valence-electron chi connectivity index (χ4n) is 1.08. The van der Waals surface area contributed by atoms with Gasteiger partial charge in [-0.1, -0.05) is 12.7 Å². The van der Waals surface area contributed by atoms with Gasteiger partial charge >= 0.3 is 5.97 Å². The number of aliphatic hydroxyl groups is 1. The number of aliphatic hydroxyl groups excluding tert-OH is 1. The number of esters is 1. The predicted molar refractivity (Wildman–Crippen MR) is 46.1 cm³/mol. The van der Waals surface area contributed by atoms with E-state index in [1.54, 1.807) is 0 Å². The van der Waals surface area contributed by atoms with Crippen molar-refractivity contribution in [2.24, 2.45) is 0 Å². The average Bonchev–Trinajstić information content (AvgIpc) is 2.90. The summed E-state index contributed by atoms with van der Waals surface area (Å²) < 4.78 is 9.81. The van der Waals surface area contributed by atoms with Gasteiger partial charge in [-0.05, 0) is 6.42 Å². The smallest absolute Gasteiger partial charge is 0.306 e. The summed E-state index contributed by atoms with van der Waals surface area (Å²) in [6.07, 6.45) is 2.48. The van der Waals surface area contributed by atoms with Crippen molar-refractivity contribution in [3.8, 4) is 0 Å². The lowest BCUT2D eigenvalue weighted by molar-refractivity contribution is -0.142. The second-order valence-electron chi connectivity index (χ2n) is 2.91. The van der Waals surface area contributed by atoms with Gasteiger partial charge < -0.3 is 14.6 Å². The van der Waals surface area contributed by atoms with Gasteiger partial charge in [0.2, 0.25) is 0 Å². The Morgan fingerprint density at radius 2 is 2.38 bits per heavy atom. The third-order valence-electron chi connectivity index (χ3n) is 1.86. The quantitative estimate of drug-likeness (QED) is 0.367. The molecule has 4 nitrogen and oxygen atoms in total. The maximum atomic E-state index is 10.9. The largest absolute Gasteiger partial charge is 0.461 e. The molecule has 13 heavy (non-hydrogen) atoms. The van der Waals surface area contributed by atoms with Gasteiger partial charge in [-0.3, -0.25) is 4.79 Å². The van der Waals surface area contributed by atoms with Crippen LogP contribution in [0.4, 0.5) is 0 Å². The van der Waals surface area contributed by atoms with Gasteiger partial charge in [0.25, 0.3) is 0 Å². The lowest BCUT2D eigenvalue weighted by Crippen LogP contribution is -2.07. The van der Waals surface area contributed by atoms with Crippen molar-refractivity contribution in [2.45, 2.75) is 25.0 Å². The second-order valence-corrected chi connectivity index (χ2v) is 2.91. The number of rotatable bonds is 6. The summed E-state index contributed by atoms with van der Waals surface area (Å²) >= 11 is 0. The minimum absolute atomic E-state index is 0.0341. The molecule has 1 fully saturated rings. The van der Waals surface area contributed by atoms with Crippen LogP contribution in [-0.2, 0) is 14.3 Å². The van der Waals surface area contributed by atoms with E-state index >= 15 is 0 Å². The molecule has 1 saturated heterocycles. The molecule has 0 radical (unpaired) electrons.